The first-order chi connectivity index (χ1) is 9.33. The van der Waals surface area contributed by atoms with Crippen molar-refractivity contribution in [1.29, 1.82) is 0 Å². The fraction of sp³-hybridized carbons (Fsp3) is 0.625. The van der Waals surface area contributed by atoms with Crippen molar-refractivity contribution in [2.75, 3.05) is 33.4 Å². The Morgan fingerprint density at radius 1 is 1.37 bits per heavy atom. The lowest BCUT2D eigenvalue weighted by Gasteiger charge is -2.29. The molecule has 0 unspecified atom stereocenters. The number of likely N-dealkylation sites (tertiary alicyclic amines) is 1. The highest BCUT2D eigenvalue weighted by atomic mass is 16.5. The summed E-state index contributed by atoms with van der Waals surface area (Å²) in [4.78, 5) is 2.59. The molecule has 0 aliphatic carbocycles. The Bertz CT molecular complexity index is 432. The van der Waals surface area contributed by atoms with Crippen LogP contribution in [-0.4, -0.2) is 38.3 Å². The van der Waals surface area contributed by atoms with Gasteiger partial charge in [0, 0.05) is 30.5 Å². The summed E-state index contributed by atoms with van der Waals surface area (Å²) in [6, 6.07) is 6.14. The van der Waals surface area contributed by atoms with E-state index in [0.29, 0.717) is 11.8 Å². The number of methoxy groups -OCH3 is 1. The number of nitrogens with zero attached hydrogens (tertiary/aromatic N) is 1. The summed E-state index contributed by atoms with van der Waals surface area (Å²) in [5.41, 5.74) is 1.29. The fourth-order valence-corrected chi connectivity index (χ4v) is 3.41. The Balaban J connectivity index is 1.84. The van der Waals surface area contributed by atoms with Crippen LogP contribution in [0.5, 0.6) is 11.5 Å². The Kier molecular flexibility index (Phi) is 3.65. The van der Waals surface area contributed by atoms with Gasteiger partial charge in [0.1, 0.15) is 11.5 Å². The lowest BCUT2D eigenvalue weighted by Crippen LogP contribution is -2.25. The van der Waals surface area contributed by atoms with Crippen LogP contribution in [0, 0.1) is 5.92 Å². The molecule has 0 N–H and O–H groups in total. The normalized spacial score (nSPS) is 25.6. The molecule has 1 aromatic rings. The third-order valence-electron chi connectivity index (χ3n) is 4.41. The van der Waals surface area contributed by atoms with Crippen LogP contribution in [0.2, 0.25) is 0 Å². The van der Waals surface area contributed by atoms with E-state index in [0.717, 1.165) is 24.7 Å². The molecule has 104 valence electrons. The van der Waals surface area contributed by atoms with Crippen molar-refractivity contribution in [2.24, 2.45) is 5.92 Å². The number of fused-ring (bicyclic) bond motifs is 3. The number of unbranched alkanes of at least 4 members (excludes halogenated alkanes) is 1. The van der Waals surface area contributed by atoms with E-state index in [9.17, 15) is 0 Å². The third-order valence-corrected chi connectivity index (χ3v) is 4.41. The van der Waals surface area contributed by atoms with Crippen LogP contribution in [0.1, 0.15) is 31.2 Å². The molecule has 1 fully saturated rings. The number of rotatable bonds is 4. The minimum absolute atomic E-state index is 0.580. The zero-order valence-corrected chi connectivity index (χ0v) is 11.9. The maximum absolute atomic E-state index is 5.93. The molecule has 1 saturated heterocycles. The van der Waals surface area contributed by atoms with Gasteiger partial charge < -0.3 is 14.4 Å². The van der Waals surface area contributed by atoms with Gasteiger partial charge in [-0.1, -0.05) is 19.4 Å². The van der Waals surface area contributed by atoms with Gasteiger partial charge in [0.25, 0.3) is 0 Å². The van der Waals surface area contributed by atoms with Crippen molar-refractivity contribution in [3.05, 3.63) is 23.8 Å². The van der Waals surface area contributed by atoms with E-state index < -0.39 is 0 Å². The van der Waals surface area contributed by atoms with E-state index >= 15 is 0 Å². The molecule has 0 saturated carbocycles. The Morgan fingerprint density at radius 3 is 3.05 bits per heavy atom. The topological polar surface area (TPSA) is 21.7 Å². The number of hydrogen-bond donors (Lipinski definition) is 0. The summed E-state index contributed by atoms with van der Waals surface area (Å²) in [7, 11) is 1.75. The van der Waals surface area contributed by atoms with Gasteiger partial charge in [-0.05, 0) is 25.1 Å². The van der Waals surface area contributed by atoms with Crippen LogP contribution < -0.4 is 9.47 Å². The standard InChI is InChI=1S/C16H23NO2/c1-3-4-8-17-9-12-11-19-15-7-5-6-14(18-2)16(15)13(12)10-17/h5-7,12-13H,3-4,8-11H2,1-2H3/t12-,13-/m0/s1. The van der Waals surface area contributed by atoms with Gasteiger partial charge in [-0.15, -0.1) is 0 Å². The van der Waals surface area contributed by atoms with Gasteiger partial charge in [-0.3, -0.25) is 0 Å². The smallest absolute Gasteiger partial charge is 0.126 e. The largest absolute Gasteiger partial charge is 0.496 e. The Labute approximate surface area is 115 Å². The second-order valence-corrected chi connectivity index (χ2v) is 5.66. The van der Waals surface area contributed by atoms with E-state index in [1.54, 1.807) is 7.11 Å². The first-order valence-corrected chi connectivity index (χ1v) is 7.35. The molecule has 2 atom stereocenters. The second-order valence-electron chi connectivity index (χ2n) is 5.66. The Morgan fingerprint density at radius 2 is 2.26 bits per heavy atom. The van der Waals surface area contributed by atoms with E-state index in [1.165, 1.54) is 31.5 Å². The van der Waals surface area contributed by atoms with Crippen LogP contribution in [-0.2, 0) is 0 Å². The fourth-order valence-electron chi connectivity index (χ4n) is 3.41. The van der Waals surface area contributed by atoms with Crippen LogP contribution in [0.3, 0.4) is 0 Å². The molecule has 3 heteroatoms. The molecule has 2 aliphatic rings. The van der Waals surface area contributed by atoms with Crippen LogP contribution in [0.15, 0.2) is 18.2 Å². The van der Waals surface area contributed by atoms with Gasteiger partial charge in [0.05, 0.1) is 13.7 Å². The van der Waals surface area contributed by atoms with E-state index in [2.05, 4.69) is 24.0 Å². The first-order valence-electron chi connectivity index (χ1n) is 7.35. The minimum atomic E-state index is 0.580. The van der Waals surface area contributed by atoms with Crippen molar-refractivity contribution < 1.29 is 9.47 Å². The van der Waals surface area contributed by atoms with Crippen LogP contribution >= 0.6 is 0 Å². The van der Waals surface area contributed by atoms with Gasteiger partial charge in [0.15, 0.2) is 0 Å². The summed E-state index contributed by atoms with van der Waals surface area (Å²) in [5, 5.41) is 0. The maximum Gasteiger partial charge on any atom is 0.126 e. The van der Waals surface area contributed by atoms with Crippen molar-refractivity contribution >= 4 is 0 Å². The van der Waals surface area contributed by atoms with Crippen molar-refractivity contribution in [2.45, 2.75) is 25.7 Å². The molecule has 0 amide bonds. The molecular formula is C16H23NO2. The first kappa shape index (κ1) is 12.8. The molecular weight excluding hydrogens is 238 g/mol. The summed E-state index contributed by atoms with van der Waals surface area (Å²) in [6.07, 6.45) is 2.56. The molecule has 2 heterocycles. The molecule has 19 heavy (non-hydrogen) atoms. The molecule has 3 rings (SSSR count). The van der Waals surface area contributed by atoms with Gasteiger partial charge in [0.2, 0.25) is 0 Å². The lowest BCUT2D eigenvalue weighted by molar-refractivity contribution is 0.209. The number of benzene rings is 1. The highest BCUT2D eigenvalue weighted by Gasteiger charge is 2.40. The van der Waals surface area contributed by atoms with Crippen LogP contribution in [0.4, 0.5) is 0 Å². The van der Waals surface area contributed by atoms with Gasteiger partial charge >= 0.3 is 0 Å². The summed E-state index contributed by atoms with van der Waals surface area (Å²) in [6.45, 7) is 6.65. The van der Waals surface area contributed by atoms with Crippen molar-refractivity contribution in [3.63, 3.8) is 0 Å². The monoisotopic (exact) mass is 261 g/mol. The predicted octanol–water partition coefficient (Wildman–Crippen LogP) is 2.90. The highest BCUT2D eigenvalue weighted by molar-refractivity contribution is 5.49. The van der Waals surface area contributed by atoms with E-state index in [1.807, 2.05) is 6.07 Å². The second kappa shape index (κ2) is 5.41. The average molecular weight is 261 g/mol. The quantitative estimate of drug-likeness (QED) is 0.832. The molecule has 0 aromatic heterocycles. The molecule has 0 spiro atoms. The average Bonchev–Trinajstić information content (AvgIpc) is 2.87. The van der Waals surface area contributed by atoms with Gasteiger partial charge in [-0.2, -0.15) is 0 Å². The van der Waals surface area contributed by atoms with Crippen molar-refractivity contribution in [1.82, 2.24) is 4.90 Å². The predicted molar refractivity (Wildman–Crippen MR) is 76.1 cm³/mol. The summed E-state index contributed by atoms with van der Waals surface area (Å²) < 4.78 is 11.5. The lowest BCUT2D eigenvalue weighted by atomic mass is 9.86. The van der Waals surface area contributed by atoms with Crippen molar-refractivity contribution in [3.8, 4) is 11.5 Å². The zero-order valence-electron chi connectivity index (χ0n) is 11.9. The molecule has 0 radical (unpaired) electrons. The van der Waals surface area contributed by atoms with Gasteiger partial charge in [-0.25, -0.2) is 0 Å². The van der Waals surface area contributed by atoms with Crippen LogP contribution in [0.25, 0.3) is 0 Å². The summed E-state index contributed by atoms with van der Waals surface area (Å²) in [5.74, 6) is 3.22. The number of hydrogen-bond acceptors (Lipinski definition) is 3. The highest BCUT2D eigenvalue weighted by Crippen LogP contribution is 2.45. The minimum Gasteiger partial charge on any atom is -0.496 e. The number of ether oxygens (including phenoxy) is 2. The SMILES string of the molecule is CCCCN1C[C@H]2COc3cccc(OC)c3[C@H]2C1. The summed E-state index contributed by atoms with van der Waals surface area (Å²) >= 11 is 0. The molecule has 3 nitrogen and oxygen atoms in total. The molecule has 1 aromatic carbocycles. The van der Waals surface area contributed by atoms with E-state index in [-0.39, 0.29) is 0 Å². The maximum atomic E-state index is 5.93. The van der Waals surface area contributed by atoms with E-state index in [4.69, 9.17) is 9.47 Å². The Hall–Kier alpha value is -1.22. The third kappa shape index (κ3) is 2.32. The molecule has 2 aliphatic heterocycles. The molecule has 0 bridgehead atoms. The zero-order chi connectivity index (χ0) is 13.2.